The number of para-hydroxylation sites is 1. The van der Waals surface area contributed by atoms with Crippen molar-refractivity contribution in [3.63, 3.8) is 0 Å². The van der Waals surface area contributed by atoms with E-state index in [-0.39, 0.29) is 5.91 Å². The lowest BCUT2D eigenvalue weighted by molar-refractivity contribution is -0.117. The van der Waals surface area contributed by atoms with E-state index in [1.165, 1.54) is 22.9 Å². The van der Waals surface area contributed by atoms with Crippen molar-refractivity contribution in [3.05, 3.63) is 59.7 Å². The van der Waals surface area contributed by atoms with Gasteiger partial charge in [-0.2, -0.15) is 5.26 Å². The van der Waals surface area contributed by atoms with Gasteiger partial charge >= 0.3 is 0 Å². The monoisotopic (exact) mass is 339 g/mol. The van der Waals surface area contributed by atoms with Gasteiger partial charge in [-0.05, 0) is 31.7 Å². The van der Waals surface area contributed by atoms with Gasteiger partial charge in [-0.25, -0.2) is 0 Å². The molecule has 2 aromatic rings. The summed E-state index contributed by atoms with van der Waals surface area (Å²) in [5, 5.41) is 11.6. The van der Waals surface area contributed by atoms with E-state index in [1.54, 1.807) is 0 Å². The predicted molar refractivity (Wildman–Crippen MR) is 98.9 cm³/mol. The zero-order valence-electron chi connectivity index (χ0n) is 14.0. The molecule has 0 saturated carbocycles. The first-order valence-corrected chi connectivity index (χ1v) is 8.70. The van der Waals surface area contributed by atoms with Gasteiger partial charge in [0.05, 0.1) is 24.1 Å². The minimum absolute atomic E-state index is 0.0605. The topological polar surface area (TPSA) is 56.1 Å². The summed E-state index contributed by atoms with van der Waals surface area (Å²) in [6, 6.07) is 18.0. The first-order valence-electron chi connectivity index (χ1n) is 7.71. The molecule has 5 heteroatoms. The molecule has 2 aromatic carbocycles. The smallest absolute Gasteiger partial charge is 0.238 e. The number of amides is 1. The van der Waals surface area contributed by atoms with Crippen LogP contribution in [0.15, 0.2) is 53.4 Å². The maximum atomic E-state index is 12.3. The van der Waals surface area contributed by atoms with Crippen LogP contribution in [0.5, 0.6) is 0 Å². The SMILES string of the molecule is Cc1ccc(CN(C)CC(=O)Nc2ccccc2SCC#N)cc1. The molecule has 4 nitrogen and oxygen atoms in total. The number of nitrogens with zero attached hydrogens (tertiary/aromatic N) is 2. The average Bonchev–Trinajstić information content (AvgIpc) is 2.56. The van der Waals surface area contributed by atoms with Crippen LogP contribution in [-0.2, 0) is 11.3 Å². The highest BCUT2D eigenvalue weighted by Crippen LogP contribution is 2.26. The van der Waals surface area contributed by atoms with Crippen molar-refractivity contribution >= 4 is 23.4 Å². The number of carbonyl (C=O) groups is 1. The van der Waals surface area contributed by atoms with Gasteiger partial charge < -0.3 is 5.32 Å². The van der Waals surface area contributed by atoms with Crippen LogP contribution in [0.2, 0.25) is 0 Å². The normalized spacial score (nSPS) is 10.4. The van der Waals surface area contributed by atoms with Crippen LogP contribution in [0, 0.1) is 18.3 Å². The van der Waals surface area contributed by atoms with E-state index in [1.807, 2.05) is 36.2 Å². The molecular weight excluding hydrogens is 318 g/mol. The lowest BCUT2D eigenvalue weighted by Crippen LogP contribution is -2.30. The molecular formula is C19H21N3OS. The fraction of sp³-hybridized carbons (Fsp3) is 0.263. The third-order valence-electron chi connectivity index (χ3n) is 3.44. The Kier molecular flexibility index (Phi) is 6.86. The van der Waals surface area contributed by atoms with Crippen LogP contribution in [0.4, 0.5) is 5.69 Å². The van der Waals surface area contributed by atoms with Crippen molar-refractivity contribution in [2.24, 2.45) is 0 Å². The molecule has 0 aliphatic carbocycles. The number of nitriles is 1. The van der Waals surface area contributed by atoms with Gasteiger partial charge in [0.2, 0.25) is 5.91 Å². The summed E-state index contributed by atoms with van der Waals surface area (Å²) in [7, 11) is 1.93. The maximum absolute atomic E-state index is 12.3. The number of likely N-dealkylation sites (N-methyl/N-ethyl adjacent to an activating group) is 1. The molecule has 0 heterocycles. The minimum Gasteiger partial charge on any atom is -0.324 e. The molecule has 24 heavy (non-hydrogen) atoms. The summed E-state index contributed by atoms with van der Waals surface area (Å²) in [4.78, 5) is 15.2. The van der Waals surface area contributed by atoms with Crippen LogP contribution >= 0.6 is 11.8 Å². The summed E-state index contributed by atoms with van der Waals surface area (Å²) in [5.41, 5.74) is 3.16. The average molecular weight is 339 g/mol. The quantitative estimate of drug-likeness (QED) is 0.782. The number of aryl methyl sites for hydroxylation is 1. The molecule has 1 N–H and O–H groups in total. The Morgan fingerprint density at radius 3 is 2.62 bits per heavy atom. The second-order valence-electron chi connectivity index (χ2n) is 5.65. The summed E-state index contributed by atoms with van der Waals surface area (Å²) >= 11 is 1.42. The number of hydrogen-bond acceptors (Lipinski definition) is 4. The highest BCUT2D eigenvalue weighted by atomic mass is 32.2. The standard InChI is InChI=1S/C19H21N3OS/c1-15-7-9-16(10-8-15)13-22(2)14-19(23)21-17-5-3-4-6-18(17)24-12-11-20/h3-10H,12-14H2,1-2H3,(H,21,23). The molecule has 0 fully saturated rings. The van der Waals surface area contributed by atoms with E-state index in [0.717, 1.165) is 17.1 Å². The largest absolute Gasteiger partial charge is 0.324 e. The van der Waals surface area contributed by atoms with E-state index in [0.29, 0.717) is 12.3 Å². The first kappa shape index (κ1) is 18.1. The summed E-state index contributed by atoms with van der Waals surface area (Å²) in [6.07, 6.45) is 0. The Morgan fingerprint density at radius 1 is 1.21 bits per heavy atom. The Morgan fingerprint density at radius 2 is 1.92 bits per heavy atom. The molecule has 0 aliphatic rings. The number of anilines is 1. The van der Waals surface area contributed by atoms with Gasteiger partial charge in [0.25, 0.3) is 0 Å². The predicted octanol–water partition coefficient (Wildman–Crippen LogP) is 3.68. The third kappa shape index (κ3) is 5.73. The molecule has 0 unspecified atom stereocenters. The summed E-state index contributed by atoms with van der Waals surface area (Å²) in [6.45, 7) is 3.09. The van der Waals surface area contributed by atoms with E-state index >= 15 is 0 Å². The maximum Gasteiger partial charge on any atom is 0.238 e. The zero-order valence-corrected chi connectivity index (χ0v) is 14.8. The van der Waals surface area contributed by atoms with E-state index in [9.17, 15) is 4.79 Å². The number of hydrogen-bond donors (Lipinski definition) is 1. The number of rotatable bonds is 7. The van der Waals surface area contributed by atoms with Crippen molar-refractivity contribution in [2.75, 3.05) is 24.7 Å². The van der Waals surface area contributed by atoms with Gasteiger partial charge in [0.1, 0.15) is 0 Å². The fourth-order valence-electron chi connectivity index (χ4n) is 2.30. The molecule has 0 saturated heterocycles. The van der Waals surface area contributed by atoms with Gasteiger partial charge in [-0.3, -0.25) is 9.69 Å². The van der Waals surface area contributed by atoms with Crippen molar-refractivity contribution < 1.29 is 4.79 Å². The number of carbonyl (C=O) groups excluding carboxylic acids is 1. The van der Waals surface area contributed by atoms with Crippen LogP contribution in [0.1, 0.15) is 11.1 Å². The van der Waals surface area contributed by atoms with Crippen LogP contribution in [-0.4, -0.2) is 30.2 Å². The second kappa shape index (κ2) is 9.11. The Labute approximate surface area is 147 Å². The fourth-order valence-corrected chi connectivity index (χ4v) is 2.97. The lowest BCUT2D eigenvalue weighted by atomic mass is 10.1. The summed E-state index contributed by atoms with van der Waals surface area (Å²) < 4.78 is 0. The number of nitrogens with one attached hydrogen (secondary N) is 1. The highest BCUT2D eigenvalue weighted by Gasteiger charge is 2.10. The Hall–Kier alpha value is -2.29. The van der Waals surface area contributed by atoms with Crippen LogP contribution in [0.3, 0.4) is 0 Å². The highest BCUT2D eigenvalue weighted by molar-refractivity contribution is 7.99. The zero-order chi connectivity index (χ0) is 17.4. The molecule has 124 valence electrons. The Bertz CT molecular complexity index is 722. The van der Waals surface area contributed by atoms with Crippen molar-refractivity contribution in [1.29, 1.82) is 5.26 Å². The molecule has 0 spiro atoms. The van der Waals surface area contributed by atoms with E-state index < -0.39 is 0 Å². The molecule has 0 bridgehead atoms. The molecule has 0 aromatic heterocycles. The van der Waals surface area contributed by atoms with Crippen molar-refractivity contribution in [2.45, 2.75) is 18.4 Å². The molecule has 2 rings (SSSR count). The van der Waals surface area contributed by atoms with Crippen LogP contribution in [0.25, 0.3) is 0 Å². The van der Waals surface area contributed by atoms with Gasteiger partial charge in [-0.15, -0.1) is 11.8 Å². The first-order chi connectivity index (χ1) is 11.6. The third-order valence-corrected chi connectivity index (χ3v) is 4.38. The molecule has 0 radical (unpaired) electrons. The Balaban J connectivity index is 1.91. The van der Waals surface area contributed by atoms with Crippen molar-refractivity contribution in [1.82, 2.24) is 4.90 Å². The summed E-state index contributed by atoms with van der Waals surface area (Å²) in [5.74, 6) is 0.301. The molecule has 0 aliphatic heterocycles. The van der Waals surface area contributed by atoms with Gasteiger partial charge in [0.15, 0.2) is 0 Å². The number of thioether (sulfide) groups is 1. The molecule has 0 atom stereocenters. The lowest BCUT2D eigenvalue weighted by Gasteiger charge is -2.17. The van der Waals surface area contributed by atoms with Gasteiger partial charge in [0, 0.05) is 11.4 Å². The van der Waals surface area contributed by atoms with Crippen LogP contribution < -0.4 is 5.32 Å². The number of benzene rings is 2. The van der Waals surface area contributed by atoms with E-state index in [2.05, 4.69) is 42.6 Å². The molecule has 1 amide bonds. The van der Waals surface area contributed by atoms with Gasteiger partial charge in [-0.1, -0.05) is 42.0 Å². The second-order valence-corrected chi connectivity index (χ2v) is 6.67. The minimum atomic E-state index is -0.0605. The van der Waals surface area contributed by atoms with Crippen molar-refractivity contribution in [3.8, 4) is 6.07 Å². The van der Waals surface area contributed by atoms with E-state index in [4.69, 9.17) is 5.26 Å².